The number of aromatic nitrogens is 3. The molecule has 7 nitrogen and oxygen atoms in total. The van der Waals surface area contributed by atoms with Gasteiger partial charge in [-0.05, 0) is 25.0 Å². The Labute approximate surface area is 140 Å². The Balaban J connectivity index is 1.54. The summed E-state index contributed by atoms with van der Waals surface area (Å²) < 4.78 is 5.19. The van der Waals surface area contributed by atoms with Crippen LogP contribution in [0.4, 0.5) is 5.82 Å². The van der Waals surface area contributed by atoms with Crippen molar-refractivity contribution in [1.82, 2.24) is 19.9 Å². The molecule has 2 saturated heterocycles. The summed E-state index contributed by atoms with van der Waals surface area (Å²) in [6, 6.07) is 6.00. The van der Waals surface area contributed by atoms with Gasteiger partial charge in [0.1, 0.15) is 12.1 Å². The van der Waals surface area contributed by atoms with E-state index in [2.05, 4.69) is 19.9 Å². The maximum atomic E-state index is 12.8. The highest BCUT2D eigenvalue weighted by Crippen LogP contribution is 2.35. The number of ether oxygens (including phenoxy) is 1. The molecule has 0 aliphatic carbocycles. The maximum Gasteiger partial charge on any atom is 0.255 e. The summed E-state index contributed by atoms with van der Waals surface area (Å²) >= 11 is 0. The second kappa shape index (κ2) is 6.07. The Hall–Kier alpha value is -2.70. The Morgan fingerprint density at radius 2 is 2.12 bits per heavy atom. The largest absolute Gasteiger partial charge is 0.481 e. The standard InChI is InChI=1S/C17H19N5O2/c1-24-16-9-15(19-11-20-16)21-7-4-14-13(21)5-8-22(14)17(23)12-3-2-6-18-10-12/h2-3,6,9-11,13-14H,4-5,7-8H2,1H3/t13-,14+/m0/s1. The number of fused-ring (bicyclic) bond motifs is 1. The molecule has 2 fully saturated rings. The smallest absolute Gasteiger partial charge is 0.255 e. The molecule has 2 aromatic heterocycles. The van der Waals surface area contributed by atoms with Crippen LogP contribution in [0.15, 0.2) is 36.9 Å². The lowest BCUT2D eigenvalue weighted by molar-refractivity contribution is 0.0737. The fourth-order valence-corrected chi connectivity index (χ4v) is 3.78. The van der Waals surface area contributed by atoms with Gasteiger partial charge >= 0.3 is 0 Å². The molecule has 0 unspecified atom stereocenters. The van der Waals surface area contributed by atoms with Crippen molar-refractivity contribution in [1.29, 1.82) is 0 Å². The normalized spacial score (nSPS) is 22.5. The topological polar surface area (TPSA) is 71.5 Å². The molecule has 4 heterocycles. The van der Waals surface area contributed by atoms with Crippen molar-refractivity contribution < 1.29 is 9.53 Å². The molecule has 0 aromatic carbocycles. The predicted octanol–water partition coefficient (Wildman–Crippen LogP) is 1.37. The molecule has 0 radical (unpaired) electrons. The molecule has 2 aliphatic rings. The van der Waals surface area contributed by atoms with Gasteiger partial charge in [-0.2, -0.15) is 0 Å². The Morgan fingerprint density at radius 3 is 2.92 bits per heavy atom. The molecule has 1 amide bonds. The number of likely N-dealkylation sites (tertiary alicyclic amines) is 1. The molecule has 124 valence electrons. The van der Waals surface area contributed by atoms with E-state index in [4.69, 9.17) is 4.74 Å². The number of pyridine rings is 1. The monoisotopic (exact) mass is 325 g/mol. The van der Waals surface area contributed by atoms with E-state index in [1.54, 1.807) is 25.6 Å². The van der Waals surface area contributed by atoms with Crippen molar-refractivity contribution in [2.75, 3.05) is 25.1 Å². The fraction of sp³-hybridized carbons (Fsp3) is 0.412. The van der Waals surface area contributed by atoms with Crippen molar-refractivity contribution in [3.63, 3.8) is 0 Å². The average molecular weight is 325 g/mol. The van der Waals surface area contributed by atoms with E-state index in [-0.39, 0.29) is 11.9 Å². The summed E-state index contributed by atoms with van der Waals surface area (Å²) in [5.74, 6) is 1.49. The van der Waals surface area contributed by atoms with Crippen LogP contribution in [-0.4, -0.2) is 58.0 Å². The first kappa shape index (κ1) is 14.9. The third-order valence-corrected chi connectivity index (χ3v) is 4.88. The molecule has 0 saturated carbocycles. The van der Waals surface area contributed by atoms with Crippen LogP contribution in [0.3, 0.4) is 0 Å². The van der Waals surface area contributed by atoms with Gasteiger partial charge in [0, 0.05) is 31.5 Å². The van der Waals surface area contributed by atoms with Crippen molar-refractivity contribution in [3.05, 3.63) is 42.5 Å². The van der Waals surface area contributed by atoms with E-state index >= 15 is 0 Å². The van der Waals surface area contributed by atoms with E-state index < -0.39 is 0 Å². The Bertz CT molecular complexity index is 739. The highest BCUT2D eigenvalue weighted by molar-refractivity contribution is 5.94. The number of hydrogen-bond acceptors (Lipinski definition) is 6. The van der Waals surface area contributed by atoms with Crippen LogP contribution in [0.25, 0.3) is 0 Å². The van der Waals surface area contributed by atoms with Crippen LogP contribution in [0.1, 0.15) is 23.2 Å². The van der Waals surface area contributed by atoms with E-state index in [0.717, 1.165) is 31.7 Å². The van der Waals surface area contributed by atoms with Crippen LogP contribution in [-0.2, 0) is 0 Å². The first-order chi connectivity index (χ1) is 11.8. The maximum absolute atomic E-state index is 12.8. The second-order valence-corrected chi connectivity index (χ2v) is 6.06. The number of carbonyl (C=O) groups is 1. The molecule has 0 bridgehead atoms. The summed E-state index contributed by atoms with van der Waals surface area (Å²) in [5, 5.41) is 0. The van der Waals surface area contributed by atoms with E-state index in [9.17, 15) is 4.79 Å². The lowest BCUT2D eigenvalue weighted by atomic mass is 10.1. The van der Waals surface area contributed by atoms with Crippen LogP contribution >= 0.6 is 0 Å². The van der Waals surface area contributed by atoms with Gasteiger partial charge < -0.3 is 14.5 Å². The lowest BCUT2D eigenvalue weighted by Crippen LogP contribution is -2.40. The number of nitrogens with zero attached hydrogens (tertiary/aromatic N) is 5. The number of amides is 1. The summed E-state index contributed by atoms with van der Waals surface area (Å²) in [6.45, 7) is 1.65. The second-order valence-electron chi connectivity index (χ2n) is 6.06. The first-order valence-electron chi connectivity index (χ1n) is 8.11. The summed E-state index contributed by atoms with van der Waals surface area (Å²) in [4.78, 5) is 29.5. The van der Waals surface area contributed by atoms with Gasteiger partial charge in [-0.1, -0.05) is 0 Å². The van der Waals surface area contributed by atoms with Gasteiger partial charge in [0.25, 0.3) is 5.91 Å². The SMILES string of the molecule is COc1cc(N2CC[C@@H]3[C@@H]2CCN3C(=O)c2cccnc2)ncn1. The van der Waals surface area contributed by atoms with Crippen LogP contribution in [0.5, 0.6) is 5.88 Å². The van der Waals surface area contributed by atoms with Gasteiger partial charge in [0.05, 0.1) is 24.8 Å². The highest BCUT2D eigenvalue weighted by atomic mass is 16.5. The molecular formula is C17H19N5O2. The number of anilines is 1. The Morgan fingerprint density at radius 1 is 1.25 bits per heavy atom. The zero-order valence-corrected chi connectivity index (χ0v) is 13.5. The fourth-order valence-electron chi connectivity index (χ4n) is 3.78. The quantitative estimate of drug-likeness (QED) is 0.849. The summed E-state index contributed by atoms with van der Waals surface area (Å²) in [7, 11) is 1.60. The zero-order chi connectivity index (χ0) is 16.5. The van der Waals surface area contributed by atoms with Crippen molar-refractivity contribution >= 4 is 11.7 Å². The predicted molar refractivity (Wildman–Crippen MR) is 88.0 cm³/mol. The first-order valence-corrected chi connectivity index (χ1v) is 8.11. The minimum Gasteiger partial charge on any atom is -0.481 e. The molecule has 7 heteroatoms. The molecule has 0 N–H and O–H groups in total. The number of rotatable bonds is 3. The van der Waals surface area contributed by atoms with Crippen molar-refractivity contribution in [3.8, 4) is 5.88 Å². The van der Waals surface area contributed by atoms with Gasteiger partial charge in [0.2, 0.25) is 5.88 Å². The lowest BCUT2D eigenvalue weighted by Gasteiger charge is -2.26. The molecule has 4 rings (SSSR count). The van der Waals surface area contributed by atoms with Crippen LogP contribution in [0, 0.1) is 0 Å². The van der Waals surface area contributed by atoms with Crippen molar-refractivity contribution in [2.24, 2.45) is 0 Å². The summed E-state index contributed by atoms with van der Waals surface area (Å²) in [6.07, 6.45) is 6.74. The van der Waals surface area contributed by atoms with Gasteiger partial charge in [-0.3, -0.25) is 9.78 Å². The van der Waals surface area contributed by atoms with Gasteiger partial charge in [0.15, 0.2) is 0 Å². The van der Waals surface area contributed by atoms with E-state index in [1.165, 1.54) is 6.33 Å². The van der Waals surface area contributed by atoms with Crippen LogP contribution in [0.2, 0.25) is 0 Å². The molecule has 2 aliphatic heterocycles. The number of carbonyl (C=O) groups excluding carboxylic acids is 1. The molecular weight excluding hydrogens is 306 g/mol. The molecule has 2 aromatic rings. The van der Waals surface area contributed by atoms with Gasteiger partial charge in [-0.25, -0.2) is 9.97 Å². The van der Waals surface area contributed by atoms with Crippen LogP contribution < -0.4 is 9.64 Å². The number of methoxy groups -OCH3 is 1. The summed E-state index contributed by atoms with van der Waals surface area (Å²) in [5.41, 5.74) is 0.653. The minimum absolute atomic E-state index is 0.0673. The Kier molecular flexibility index (Phi) is 3.76. The highest BCUT2D eigenvalue weighted by Gasteiger charge is 2.45. The van der Waals surface area contributed by atoms with Gasteiger partial charge in [-0.15, -0.1) is 0 Å². The number of hydrogen-bond donors (Lipinski definition) is 0. The van der Waals surface area contributed by atoms with E-state index in [1.807, 2.05) is 17.0 Å². The zero-order valence-electron chi connectivity index (χ0n) is 13.5. The third kappa shape index (κ3) is 2.46. The molecule has 24 heavy (non-hydrogen) atoms. The molecule has 0 spiro atoms. The van der Waals surface area contributed by atoms with Crippen molar-refractivity contribution in [2.45, 2.75) is 24.9 Å². The average Bonchev–Trinajstić information content (AvgIpc) is 3.24. The minimum atomic E-state index is 0.0673. The van der Waals surface area contributed by atoms with E-state index in [0.29, 0.717) is 17.5 Å². The third-order valence-electron chi connectivity index (χ3n) is 4.88. The molecule has 2 atom stereocenters.